The van der Waals surface area contributed by atoms with Gasteiger partial charge in [-0.3, -0.25) is 4.72 Å². The molecule has 0 radical (unpaired) electrons. The molecule has 9 heteroatoms. The van der Waals surface area contributed by atoms with Crippen LogP contribution in [0, 0.1) is 6.92 Å². The van der Waals surface area contributed by atoms with E-state index in [4.69, 9.17) is 10.9 Å². The van der Waals surface area contributed by atoms with Crippen LogP contribution in [0.2, 0.25) is 0 Å². The fourth-order valence-electron chi connectivity index (χ4n) is 1.91. The summed E-state index contributed by atoms with van der Waals surface area (Å²) in [5.74, 6) is 0. The Labute approximate surface area is 141 Å². The molecule has 0 heterocycles. The predicted octanol–water partition coefficient (Wildman–Crippen LogP) is 1.64. The van der Waals surface area contributed by atoms with Gasteiger partial charge in [0.15, 0.2) is 0 Å². The van der Waals surface area contributed by atoms with Crippen molar-refractivity contribution in [3.05, 3.63) is 59.0 Å². The first-order valence-electron chi connectivity index (χ1n) is 6.77. The highest BCUT2D eigenvalue weighted by Crippen LogP contribution is 2.26. The Kier molecular flexibility index (Phi) is 4.97. The summed E-state index contributed by atoms with van der Waals surface area (Å²) in [5.41, 5.74) is 7.14. The lowest BCUT2D eigenvalue weighted by Gasteiger charge is -2.10. The van der Waals surface area contributed by atoms with Crippen LogP contribution in [-0.2, 0) is 20.0 Å². The van der Waals surface area contributed by atoms with Gasteiger partial charge in [-0.2, -0.15) is 0 Å². The fraction of sp³-hybridized carbons (Fsp3) is 0.0667. The number of primary sulfonamides is 1. The van der Waals surface area contributed by atoms with Crippen LogP contribution in [-0.4, -0.2) is 16.8 Å². The van der Waals surface area contributed by atoms with Crippen molar-refractivity contribution in [1.82, 2.24) is 0 Å². The number of aryl methyl sites for hydroxylation is 1. The second-order valence-electron chi connectivity index (χ2n) is 5.12. The zero-order chi connectivity index (χ0) is 18.0. The Bertz CT molecular complexity index is 980. The quantitative estimate of drug-likeness (QED) is 0.691. The highest BCUT2D eigenvalue weighted by Gasteiger charge is 2.17. The number of rotatable bonds is 5. The van der Waals surface area contributed by atoms with Crippen molar-refractivity contribution in [1.29, 1.82) is 0 Å². The van der Waals surface area contributed by atoms with E-state index in [2.05, 4.69) is 4.72 Å². The second-order valence-corrected chi connectivity index (χ2v) is 8.22. The van der Waals surface area contributed by atoms with Gasteiger partial charge < -0.3 is 5.73 Å². The van der Waals surface area contributed by atoms with Gasteiger partial charge in [-0.15, -0.1) is 0 Å². The number of hydrogen-bond acceptors (Lipinski definition) is 5. The van der Waals surface area contributed by atoms with Crippen LogP contribution >= 0.6 is 0 Å². The Morgan fingerprint density at radius 3 is 2.21 bits per heavy atom. The van der Waals surface area contributed by atoms with Crippen molar-refractivity contribution in [2.24, 2.45) is 5.14 Å². The zero-order valence-electron chi connectivity index (χ0n) is 12.8. The Morgan fingerprint density at radius 2 is 1.62 bits per heavy atom. The second kappa shape index (κ2) is 6.63. The number of sulfonamides is 2. The van der Waals surface area contributed by atoms with Crippen LogP contribution in [0.25, 0.3) is 6.08 Å². The molecule has 5 N–H and O–H groups in total. The minimum Gasteiger partial charge on any atom is -0.396 e. The van der Waals surface area contributed by atoms with Crippen LogP contribution in [0.3, 0.4) is 0 Å². The molecule has 0 saturated heterocycles. The molecule has 0 bridgehead atoms. The SMILES string of the molecule is Cc1ccc(C=CS(=O)(=O)Nc2cccc(S(N)(=O)=O)c2N)cc1. The lowest BCUT2D eigenvalue weighted by atomic mass is 10.2. The maximum atomic E-state index is 12.1. The summed E-state index contributed by atoms with van der Waals surface area (Å²) in [4.78, 5) is -0.342. The van der Waals surface area contributed by atoms with Crippen LogP contribution in [0.4, 0.5) is 11.4 Å². The smallest absolute Gasteiger partial charge is 0.255 e. The van der Waals surface area contributed by atoms with Crippen LogP contribution in [0.15, 0.2) is 52.8 Å². The third kappa shape index (κ3) is 4.57. The molecule has 2 aromatic rings. The van der Waals surface area contributed by atoms with Crippen molar-refractivity contribution in [3.8, 4) is 0 Å². The summed E-state index contributed by atoms with van der Waals surface area (Å²) in [7, 11) is -7.92. The van der Waals surface area contributed by atoms with Crippen molar-refractivity contribution in [2.45, 2.75) is 11.8 Å². The van der Waals surface area contributed by atoms with Crippen molar-refractivity contribution >= 4 is 37.5 Å². The van der Waals surface area contributed by atoms with E-state index in [1.807, 2.05) is 19.1 Å². The summed E-state index contributed by atoms with van der Waals surface area (Å²) in [5, 5.41) is 6.01. The van der Waals surface area contributed by atoms with Gasteiger partial charge in [-0.05, 0) is 30.7 Å². The fourth-order valence-corrected chi connectivity index (χ4v) is 3.49. The normalized spacial score (nSPS) is 12.4. The van der Waals surface area contributed by atoms with E-state index < -0.39 is 20.0 Å². The Hall–Kier alpha value is -2.36. The summed E-state index contributed by atoms with van der Waals surface area (Å²) in [6.45, 7) is 1.92. The van der Waals surface area contributed by atoms with E-state index in [0.29, 0.717) is 5.56 Å². The first-order valence-corrected chi connectivity index (χ1v) is 9.87. The summed E-state index contributed by atoms with van der Waals surface area (Å²) < 4.78 is 49.3. The maximum Gasteiger partial charge on any atom is 0.255 e. The molecule has 0 aromatic heterocycles. The average Bonchev–Trinajstić information content (AvgIpc) is 2.47. The summed E-state index contributed by atoms with van der Waals surface area (Å²) in [6, 6.07) is 11.2. The van der Waals surface area contributed by atoms with Crippen molar-refractivity contribution in [2.75, 3.05) is 10.5 Å². The van der Waals surface area contributed by atoms with Crippen molar-refractivity contribution < 1.29 is 16.8 Å². The highest BCUT2D eigenvalue weighted by molar-refractivity contribution is 7.95. The maximum absolute atomic E-state index is 12.1. The third-order valence-corrected chi connectivity index (χ3v) is 5.11. The Morgan fingerprint density at radius 1 is 1.00 bits per heavy atom. The lowest BCUT2D eigenvalue weighted by Crippen LogP contribution is -2.17. The molecule has 0 fully saturated rings. The lowest BCUT2D eigenvalue weighted by molar-refractivity contribution is 0.597. The summed E-state index contributed by atoms with van der Waals surface area (Å²) >= 11 is 0. The molecule has 0 atom stereocenters. The van der Waals surface area contributed by atoms with Crippen molar-refractivity contribution in [3.63, 3.8) is 0 Å². The van der Waals surface area contributed by atoms with Gasteiger partial charge >= 0.3 is 0 Å². The number of nitrogens with two attached hydrogens (primary N) is 2. The van der Waals surface area contributed by atoms with E-state index in [1.165, 1.54) is 24.3 Å². The van der Waals surface area contributed by atoms with Gasteiger partial charge in [0.05, 0.1) is 16.8 Å². The molecule has 128 valence electrons. The van der Waals surface area contributed by atoms with Gasteiger partial charge in [0, 0.05) is 0 Å². The molecule has 0 amide bonds. The van der Waals surface area contributed by atoms with Crippen LogP contribution in [0.5, 0.6) is 0 Å². The van der Waals surface area contributed by atoms with Gasteiger partial charge in [-0.1, -0.05) is 35.9 Å². The molecule has 0 unspecified atom stereocenters. The first kappa shape index (κ1) is 18.0. The molecule has 24 heavy (non-hydrogen) atoms. The molecular weight excluding hydrogens is 350 g/mol. The molecule has 2 aromatic carbocycles. The van der Waals surface area contributed by atoms with Crippen LogP contribution < -0.4 is 15.6 Å². The van der Waals surface area contributed by atoms with Gasteiger partial charge in [-0.25, -0.2) is 22.0 Å². The zero-order valence-corrected chi connectivity index (χ0v) is 14.4. The predicted molar refractivity (Wildman–Crippen MR) is 95.0 cm³/mol. The van der Waals surface area contributed by atoms with Gasteiger partial charge in [0.25, 0.3) is 10.0 Å². The number of nitrogen functional groups attached to an aromatic ring is 1. The molecule has 7 nitrogen and oxygen atoms in total. The minimum absolute atomic E-state index is 0.0601. The molecule has 0 aliphatic carbocycles. The number of benzene rings is 2. The average molecular weight is 367 g/mol. The number of nitrogens with one attached hydrogen (secondary N) is 1. The molecule has 0 aliphatic rings. The molecule has 0 spiro atoms. The molecule has 2 rings (SSSR count). The topological polar surface area (TPSA) is 132 Å². The first-order chi connectivity index (χ1) is 11.1. The number of anilines is 2. The van der Waals surface area contributed by atoms with E-state index in [1.54, 1.807) is 12.1 Å². The molecule has 0 aliphatic heterocycles. The van der Waals surface area contributed by atoms with E-state index in [9.17, 15) is 16.8 Å². The monoisotopic (exact) mass is 367 g/mol. The molecule has 0 saturated carbocycles. The van der Waals surface area contributed by atoms with E-state index in [-0.39, 0.29) is 16.3 Å². The standard InChI is InChI=1S/C15H17N3O4S2/c1-11-5-7-12(8-6-11)9-10-23(19,20)18-13-3-2-4-14(15(13)16)24(17,21)22/h2-10,18H,16H2,1H3,(H2,17,21,22). The summed E-state index contributed by atoms with van der Waals surface area (Å²) in [6.07, 6.45) is 1.42. The van der Waals surface area contributed by atoms with E-state index in [0.717, 1.165) is 11.0 Å². The third-order valence-electron chi connectivity index (χ3n) is 3.14. The Balaban J connectivity index is 2.28. The van der Waals surface area contributed by atoms with Gasteiger partial charge in [0.2, 0.25) is 10.0 Å². The number of para-hydroxylation sites is 1. The molecular formula is C15H17N3O4S2. The minimum atomic E-state index is -4.05. The van der Waals surface area contributed by atoms with Gasteiger partial charge in [0.1, 0.15) is 4.90 Å². The van der Waals surface area contributed by atoms with Crippen LogP contribution in [0.1, 0.15) is 11.1 Å². The van der Waals surface area contributed by atoms with E-state index >= 15 is 0 Å². The largest absolute Gasteiger partial charge is 0.396 e. The number of hydrogen-bond donors (Lipinski definition) is 3. The highest BCUT2D eigenvalue weighted by atomic mass is 32.2.